The molecule has 1 aliphatic heterocycles. The second-order valence-corrected chi connectivity index (χ2v) is 7.20. The number of urea groups is 1. The highest BCUT2D eigenvalue weighted by molar-refractivity contribution is 5.88. The molecule has 1 aromatic rings. The van der Waals surface area contributed by atoms with Gasteiger partial charge in [0.25, 0.3) is 0 Å². The first kappa shape index (κ1) is 14.8. The standard InChI is InChI=1S/C17H24N4O2/c1-21(2)11-4-5-13(18-10-11)19-16(22)20-14-12-6-9-23-15(12)17(14)7-3-8-17/h4-5,10,12,14-15H,3,6-9H2,1-2H3,(H2,18,19,20,22). The zero-order chi connectivity index (χ0) is 16.0. The molecule has 2 amide bonds. The van der Waals surface area contributed by atoms with E-state index in [4.69, 9.17) is 4.74 Å². The Balaban J connectivity index is 1.38. The minimum Gasteiger partial charge on any atom is -0.377 e. The Morgan fingerprint density at radius 1 is 1.39 bits per heavy atom. The van der Waals surface area contributed by atoms with Crippen molar-refractivity contribution in [3.05, 3.63) is 18.3 Å². The van der Waals surface area contributed by atoms with Crippen molar-refractivity contribution in [1.29, 1.82) is 0 Å². The van der Waals surface area contributed by atoms with Gasteiger partial charge in [-0.05, 0) is 31.4 Å². The summed E-state index contributed by atoms with van der Waals surface area (Å²) in [6.45, 7) is 0.838. The van der Waals surface area contributed by atoms with Gasteiger partial charge in [0.2, 0.25) is 0 Å². The van der Waals surface area contributed by atoms with Crippen LogP contribution in [0.3, 0.4) is 0 Å². The minimum absolute atomic E-state index is 0.156. The lowest BCUT2D eigenvalue weighted by molar-refractivity contribution is -0.171. The minimum atomic E-state index is -0.156. The fourth-order valence-electron chi connectivity index (χ4n) is 4.47. The lowest BCUT2D eigenvalue weighted by Crippen LogP contribution is -2.72. The molecule has 3 fully saturated rings. The number of carbonyl (C=O) groups is 1. The molecule has 0 bridgehead atoms. The third-order valence-corrected chi connectivity index (χ3v) is 5.83. The number of nitrogens with zero attached hydrogens (tertiary/aromatic N) is 2. The van der Waals surface area contributed by atoms with Gasteiger partial charge in [0.15, 0.2) is 0 Å². The van der Waals surface area contributed by atoms with Gasteiger partial charge in [-0.15, -0.1) is 0 Å². The van der Waals surface area contributed by atoms with Crippen molar-refractivity contribution in [2.24, 2.45) is 11.3 Å². The van der Waals surface area contributed by atoms with Gasteiger partial charge in [-0.1, -0.05) is 6.42 Å². The number of aromatic nitrogens is 1. The largest absolute Gasteiger partial charge is 0.377 e. The van der Waals surface area contributed by atoms with Crippen molar-refractivity contribution >= 4 is 17.5 Å². The van der Waals surface area contributed by atoms with Gasteiger partial charge in [-0.25, -0.2) is 9.78 Å². The third kappa shape index (κ3) is 2.27. The van der Waals surface area contributed by atoms with Gasteiger partial charge in [0.1, 0.15) is 5.82 Å². The number of amides is 2. The van der Waals surface area contributed by atoms with Crippen molar-refractivity contribution in [2.45, 2.75) is 37.8 Å². The number of pyridine rings is 1. The third-order valence-electron chi connectivity index (χ3n) is 5.83. The summed E-state index contributed by atoms with van der Waals surface area (Å²) in [5.74, 6) is 1.07. The molecular formula is C17H24N4O2. The molecule has 23 heavy (non-hydrogen) atoms. The molecule has 4 rings (SSSR count). The van der Waals surface area contributed by atoms with E-state index in [1.807, 2.05) is 31.1 Å². The number of anilines is 2. The van der Waals surface area contributed by atoms with Gasteiger partial charge in [0, 0.05) is 38.1 Å². The van der Waals surface area contributed by atoms with Crippen LogP contribution in [-0.2, 0) is 4.74 Å². The fraction of sp³-hybridized carbons (Fsp3) is 0.647. The van der Waals surface area contributed by atoms with E-state index in [9.17, 15) is 4.79 Å². The Morgan fingerprint density at radius 2 is 2.22 bits per heavy atom. The van der Waals surface area contributed by atoms with Crippen LogP contribution in [0.4, 0.5) is 16.3 Å². The van der Waals surface area contributed by atoms with Gasteiger partial charge in [-0.2, -0.15) is 0 Å². The zero-order valence-corrected chi connectivity index (χ0v) is 13.7. The number of hydrogen-bond donors (Lipinski definition) is 2. The Bertz CT molecular complexity index is 597. The fourth-order valence-corrected chi connectivity index (χ4v) is 4.47. The highest BCUT2D eigenvalue weighted by atomic mass is 16.5. The summed E-state index contributed by atoms with van der Waals surface area (Å²) in [5.41, 5.74) is 1.22. The summed E-state index contributed by atoms with van der Waals surface area (Å²) in [6.07, 6.45) is 6.79. The van der Waals surface area contributed by atoms with E-state index in [2.05, 4.69) is 15.6 Å². The van der Waals surface area contributed by atoms with Crippen molar-refractivity contribution in [3.8, 4) is 0 Å². The van der Waals surface area contributed by atoms with Crippen LogP contribution < -0.4 is 15.5 Å². The molecule has 6 nitrogen and oxygen atoms in total. The van der Waals surface area contributed by atoms with Crippen LogP contribution in [0.25, 0.3) is 0 Å². The quantitative estimate of drug-likeness (QED) is 0.897. The van der Waals surface area contributed by atoms with Gasteiger partial charge < -0.3 is 15.0 Å². The van der Waals surface area contributed by atoms with Gasteiger partial charge in [-0.3, -0.25) is 5.32 Å². The van der Waals surface area contributed by atoms with E-state index < -0.39 is 0 Å². The Morgan fingerprint density at radius 3 is 2.83 bits per heavy atom. The van der Waals surface area contributed by atoms with Crippen LogP contribution in [0, 0.1) is 11.3 Å². The second kappa shape index (κ2) is 5.37. The summed E-state index contributed by atoms with van der Waals surface area (Å²) < 4.78 is 5.89. The van der Waals surface area contributed by atoms with E-state index in [1.54, 1.807) is 6.20 Å². The predicted octanol–water partition coefficient (Wildman–Crippen LogP) is 2.23. The van der Waals surface area contributed by atoms with Crippen LogP contribution in [0.1, 0.15) is 25.7 Å². The summed E-state index contributed by atoms with van der Waals surface area (Å²) >= 11 is 0. The number of fused-ring (bicyclic) bond motifs is 2. The van der Waals surface area contributed by atoms with Crippen molar-refractivity contribution < 1.29 is 9.53 Å². The molecule has 6 heteroatoms. The molecule has 2 saturated carbocycles. The molecule has 0 aromatic carbocycles. The molecule has 1 aromatic heterocycles. The molecule has 3 atom stereocenters. The number of ether oxygens (including phenoxy) is 1. The highest BCUT2D eigenvalue weighted by Gasteiger charge is 2.66. The Labute approximate surface area is 136 Å². The van der Waals surface area contributed by atoms with Crippen LogP contribution in [0.5, 0.6) is 0 Å². The smallest absolute Gasteiger partial charge is 0.320 e. The van der Waals surface area contributed by atoms with Crippen LogP contribution in [0.15, 0.2) is 18.3 Å². The van der Waals surface area contributed by atoms with Crippen LogP contribution in [-0.4, -0.2) is 43.9 Å². The van der Waals surface area contributed by atoms with E-state index in [-0.39, 0.29) is 17.5 Å². The summed E-state index contributed by atoms with van der Waals surface area (Å²) in [7, 11) is 3.93. The molecule has 1 saturated heterocycles. The first-order valence-corrected chi connectivity index (χ1v) is 8.43. The molecular weight excluding hydrogens is 292 g/mol. The maximum atomic E-state index is 12.3. The molecule has 124 valence electrons. The molecule has 1 spiro atoms. The molecule has 2 aliphatic carbocycles. The first-order valence-electron chi connectivity index (χ1n) is 8.43. The molecule has 3 unspecified atom stereocenters. The van der Waals surface area contributed by atoms with Gasteiger partial charge in [0.05, 0.1) is 18.0 Å². The number of hydrogen-bond acceptors (Lipinski definition) is 4. The first-order chi connectivity index (χ1) is 11.1. The van der Waals surface area contributed by atoms with E-state index >= 15 is 0 Å². The summed E-state index contributed by atoms with van der Waals surface area (Å²) in [6, 6.07) is 3.87. The SMILES string of the molecule is CN(C)c1ccc(NC(=O)NC2C3CCOC3C23CCC3)nc1. The Hall–Kier alpha value is -1.82. The Kier molecular flexibility index (Phi) is 3.44. The van der Waals surface area contributed by atoms with Crippen molar-refractivity contribution in [2.75, 3.05) is 30.9 Å². The van der Waals surface area contributed by atoms with E-state index in [0.717, 1.165) is 18.7 Å². The lowest BCUT2D eigenvalue weighted by atomic mass is 9.46. The zero-order valence-electron chi connectivity index (χ0n) is 13.7. The van der Waals surface area contributed by atoms with Gasteiger partial charge >= 0.3 is 6.03 Å². The monoisotopic (exact) mass is 316 g/mol. The predicted molar refractivity (Wildman–Crippen MR) is 88.6 cm³/mol. The molecule has 2 heterocycles. The molecule has 3 aliphatic rings. The topological polar surface area (TPSA) is 66.5 Å². The normalized spacial score (nSPS) is 30.1. The number of nitrogens with one attached hydrogen (secondary N) is 2. The van der Waals surface area contributed by atoms with Crippen molar-refractivity contribution in [1.82, 2.24) is 10.3 Å². The summed E-state index contributed by atoms with van der Waals surface area (Å²) in [4.78, 5) is 18.6. The van der Waals surface area contributed by atoms with Crippen LogP contribution in [0.2, 0.25) is 0 Å². The average molecular weight is 316 g/mol. The number of rotatable bonds is 3. The molecule has 2 N–H and O–H groups in total. The maximum Gasteiger partial charge on any atom is 0.320 e. The second-order valence-electron chi connectivity index (χ2n) is 7.20. The average Bonchev–Trinajstić information content (AvgIpc) is 2.89. The lowest BCUT2D eigenvalue weighted by Gasteiger charge is -2.63. The van der Waals surface area contributed by atoms with E-state index in [1.165, 1.54) is 19.3 Å². The highest BCUT2D eigenvalue weighted by Crippen LogP contribution is 2.62. The van der Waals surface area contributed by atoms with E-state index in [0.29, 0.717) is 17.8 Å². The van der Waals surface area contributed by atoms with Crippen LogP contribution >= 0.6 is 0 Å². The number of carbonyl (C=O) groups excluding carboxylic acids is 1. The maximum absolute atomic E-state index is 12.3. The molecule has 0 radical (unpaired) electrons. The van der Waals surface area contributed by atoms with Crippen molar-refractivity contribution in [3.63, 3.8) is 0 Å². The summed E-state index contributed by atoms with van der Waals surface area (Å²) in [5, 5.41) is 6.04.